The number of nitrogens with two attached hydrogens (primary N) is 1. The van der Waals surface area contributed by atoms with Gasteiger partial charge in [0.25, 0.3) is 0 Å². The number of anilines is 1. The van der Waals surface area contributed by atoms with Crippen molar-refractivity contribution in [3.05, 3.63) is 29.8 Å². The molecule has 1 rings (SSSR count). The van der Waals surface area contributed by atoms with Crippen LogP contribution in [0.4, 0.5) is 5.69 Å². The van der Waals surface area contributed by atoms with E-state index >= 15 is 0 Å². The molecule has 0 radical (unpaired) electrons. The van der Waals surface area contributed by atoms with Gasteiger partial charge in [-0.2, -0.15) is 0 Å². The summed E-state index contributed by atoms with van der Waals surface area (Å²) in [7, 11) is 0. The molecule has 86 valence electrons. The van der Waals surface area contributed by atoms with E-state index in [2.05, 4.69) is 5.32 Å². The summed E-state index contributed by atoms with van der Waals surface area (Å²) in [6.07, 6.45) is 0.595. The minimum atomic E-state index is -0.493. The van der Waals surface area contributed by atoms with Gasteiger partial charge in [-0.1, -0.05) is 6.92 Å². The normalized spacial score (nSPS) is 11.9. The molecule has 0 saturated heterocycles. The number of amides is 1. The number of hydrogen-bond acceptors (Lipinski definition) is 3. The van der Waals surface area contributed by atoms with Gasteiger partial charge in [0, 0.05) is 11.3 Å². The lowest BCUT2D eigenvalue weighted by molar-refractivity contribution is -0.117. The SMILES string of the molecule is CC[C@@H](N)C(=O)Nc1ccc(C(C)=O)cc1. The highest BCUT2D eigenvalue weighted by Crippen LogP contribution is 2.10. The lowest BCUT2D eigenvalue weighted by Gasteiger charge is -2.10. The predicted octanol–water partition coefficient (Wildman–Crippen LogP) is 1.56. The molecule has 0 unspecified atom stereocenters. The second-order valence-electron chi connectivity index (χ2n) is 3.64. The van der Waals surface area contributed by atoms with Crippen LogP contribution in [0.5, 0.6) is 0 Å². The molecule has 1 amide bonds. The van der Waals surface area contributed by atoms with Crippen molar-refractivity contribution in [1.29, 1.82) is 0 Å². The number of ketones is 1. The van der Waals surface area contributed by atoms with Gasteiger partial charge >= 0.3 is 0 Å². The minimum absolute atomic E-state index is 0.00290. The highest BCUT2D eigenvalue weighted by atomic mass is 16.2. The zero-order valence-electron chi connectivity index (χ0n) is 9.49. The van der Waals surface area contributed by atoms with Crippen molar-refractivity contribution in [1.82, 2.24) is 0 Å². The van der Waals surface area contributed by atoms with Crippen LogP contribution in [0.25, 0.3) is 0 Å². The highest BCUT2D eigenvalue weighted by molar-refractivity contribution is 5.96. The Hall–Kier alpha value is -1.68. The second-order valence-corrected chi connectivity index (χ2v) is 3.64. The van der Waals surface area contributed by atoms with Crippen molar-refractivity contribution in [3.8, 4) is 0 Å². The van der Waals surface area contributed by atoms with Crippen LogP contribution in [-0.2, 0) is 4.79 Å². The number of carbonyl (C=O) groups is 2. The van der Waals surface area contributed by atoms with E-state index in [4.69, 9.17) is 5.73 Å². The van der Waals surface area contributed by atoms with E-state index in [1.54, 1.807) is 24.3 Å². The maximum atomic E-state index is 11.5. The van der Waals surface area contributed by atoms with Crippen molar-refractivity contribution in [2.24, 2.45) is 5.73 Å². The Balaban J connectivity index is 2.69. The first-order valence-corrected chi connectivity index (χ1v) is 5.22. The largest absolute Gasteiger partial charge is 0.325 e. The summed E-state index contributed by atoms with van der Waals surface area (Å²) in [6.45, 7) is 3.35. The summed E-state index contributed by atoms with van der Waals surface area (Å²) in [6, 6.07) is 6.24. The number of Topliss-reactive ketones (excluding diaryl/α,β-unsaturated/α-hetero) is 1. The lowest BCUT2D eigenvalue weighted by Crippen LogP contribution is -2.34. The van der Waals surface area contributed by atoms with E-state index in [9.17, 15) is 9.59 Å². The summed E-state index contributed by atoms with van der Waals surface area (Å²) in [5.41, 5.74) is 6.85. The summed E-state index contributed by atoms with van der Waals surface area (Å²) >= 11 is 0. The van der Waals surface area contributed by atoms with Gasteiger partial charge in [-0.25, -0.2) is 0 Å². The van der Waals surface area contributed by atoms with Crippen LogP contribution in [0.3, 0.4) is 0 Å². The van der Waals surface area contributed by atoms with Gasteiger partial charge in [-0.3, -0.25) is 9.59 Å². The summed E-state index contributed by atoms with van der Waals surface area (Å²) < 4.78 is 0. The summed E-state index contributed by atoms with van der Waals surface area (Å²) in [5, 5.41) is 2.68. The Morgan fingerprint density at radius 1 is 1.31 bits per heavy atom. The van der Waals surface area contributed by atoms with Crippen molar-refractivity contribution >= 4 is 17.4 Å². The third kappa shape index (κ3) is 3.17. The van der Waals surface area contributed by atoms with E-state index in [0.717, 1.165) is 0 Å². The molecular weight excluding hydrogens is 204 g/mol. The summed E-state index contributed by atoms with van der Waals surface area (Å²) in [5.74, 6) is -0.207. The maximum absolute atomic E-state index is 11.5. The lowest BCUT2D eigenvalue weighted by atomic mass is 10.1. The van der Waals surface area contributed by atoms with Gasteiger partial charge in [0.1, 0.15) is 0 Å². The van der Waals surface area contributed by atoms with E-state index in [-0.39, 0.29) is 11.7 Å². The maximum Gasteiger partial charge on any atom is 0.241 e. The smallest absolute Gasteiger partial charge is 0.241 e. The molecule has 3 N–H and O–H groups in total. The zero-order chi connectivity index (χ0) is 12.1. The van der Waals surface area contributed by atoms with E-state index in [0.29, 0.717) is 17.7 Å². The van der Waals surface area contributed by atoms with Gasteiger partial charge < -0.3 is 11.1 Å². The molecule has 16 heavy (non-hydrogen) atoms. The van der Waals surface area contributed by atoms with E-state index in [1.165, 1.54) is 6.92 Å². The predicted molar refractivity (Wildman–Crippen MR) is 63.3 cm³/mol. The fourth-order valence-corrected chi connectivity index (χ4v) is 1.21. The molecular formula is C12H16N2O2. The van der Waals surface area contributed by atoms with Crippen LogP contribution >= 0.6 is 0 Å². The first-order chi connectivity index (χ1) is 7.54. The van der Waals surface area contributed by atoms with Crippen molar-refractivity contribution in [2.45, 2.75) is 26.3 Å². The molecule has 0 aliphatic heterocycles. The van der Waals surface area contributed by atoms with E-state index < -0.39 is 6.04 Å². The molecule has 0 aliphatic carbocycles. The van der Waals surface area contributed by atoms with Gasteiger partial charge in [0.15, 0.2) is 5.78 Å². The minimum Gasteiger partial charge on any atom is -0.325 e. The Morgan fingerprint density at radius 3 is 2.31 bits per heavy atom. The fourth-order valence-electron chi connectivity index (χ4n) is 1.21. The Kier molecular flexibility index (Phi) is 4.19. The van der Waals surface area contributed by atoms with Crippen LogP contribution in [0.2, 0.25) is 0 Å². The molecule has 0 aromatic heterocycles. The molecule has 0 heterocycles. The van der Waals surface area contributed by atoms with Crippen LogP contribution in [0.15, 0.2) is 24.3 Å². The molecule has 0 spiro atoms. The Bertz CT molecular complexity index is 385. The zero-order valence-corrected chi connectivity index (χ0v) is 9.49. The monoisotopic (exact) mass is 220 g/mol. The molecule has 1 aromatic rings. The summed E-state index contributed by atoms with van der Waals surface area (Å²) in [4.78, 5) is 22.5. The van der Waals surface area contributed by atoms with Crippen LogP contribution in [-0.4, -0.2) is 17.7 Å². The number of nitrogens with one attached hydrogen (secondary N) is 1. The molecule has 0 saturated carbocycles. The topological polar surface area (TPSA) is 72.2 Å². The molecule has 4 heteroatoms. The fraction of sp³-hybridized carbons (Fsp3) is 0.333. The number of rotatable bonds is 4. The Morgan fingerprint density at radius 2 is 1.88 bits per heavy atom. The van der Waals surface area contributed by atoms with Gasteiger partial charge in [-0.15, -0.1) is 0 Å². The van der Waals surface area contributed by atoms with E-state index in [1.807, 2.05) is 6.92 Å². The molecule has 0 bridgehead atoms. The highest BCUT2D eigenvalue weighted by Gasteiger charge is 2.10. The first-order valence-electron chi connectivity index (χ1n) is 5.22. The molecule has 4 nitrogen and oxygen atoms in total. The van der Waals surface area contributed by atoms with Crippen molar-refractivity contribution < 1.29 is 9.59 Å². The van der Waals surface area contributed by atoms with Crippen LogP contribution in [0, 0.1) is 0 Å². The van der Waals surface area contributed by atoms with Crippen molar-refractivity contribution in [3.63, 3.8) is 0 Å². The third-order valence-corrected chi connectivity index (χ3v) is 2.34. The number of hydrogen-bond donors (Lipinski definition) is 2. The van der Waals surface area contributed by atoms with Gasteiger partial charge in [0.05, 0.1) is 6.04 Å². The third-order valence-electron chi connectivity index (χ3n) is 2.34. The molecule has 0 fully saturated rings. The van der Waals surface area contributed by atoms with Gasteiger partial charge in [-0.05, 0) is 37.6 Å². The molecule has 1 atom stereocenters. The average Bonchev–Trinajstić information content (AvgIpc) is 2.28. The van der Waals surface area contributed by atoms with Crippen molar-refractivity contribution in [2.75, 3.05) is 5.32 Å². The second kappa shape index (κ2) is 5.42. The van der Waals surface area contributed by atoms with Crippen LogP contribution < -0.4 is 11.1 Å². The first kappa shape index (κ1) is 12.4. The number of benzene rings is 1. The molecule has 1 aromatic carbocycles. The van der Waals surface area contributed by atoms with Gasteiger partial charge in [0.2, 0.25) is 5.91 Å². The standard InChI is InChI=1S/C12H16N2O2/c1-3-11(13)12(16)14-10-6-4-9(5-7-10)8(2)15/h4-7,11H,3,13H2,1-2H3,(H,14,16)/t11-/m1/s1. The number of carbonyl (C=O) groups excluding carboxylic acids is 2. The average molecular weight is 220 g/mol. The molecule has 0 aliphatic rings. The van der Waals surface area contributed by atoms with Crippen LogP contribution in [0.1, 0.15) is 30.6 Å². The Labute approximate surface area is 94.8 Å². The quantitative estimate of drug-likeness (QED) is 0.756.